The molecular formula is C50H46N4O7Si. The van der Waals surface area contributed by atoms with Crippen molar-refractivity contribution in [2.45, 2.75) is 69.1 Å². The van der Waals surface area contributed by atoms with Crippen LogP contribution >= 0.6 is 0 Å². The van der Waals surface area contributed by atoms with E-state index < -0.39 is 31.5 Å². The lowest BCUT2D eigenvalue weighted by atomic mass is 9.82. The van der Waals surface area contributed by atoms with Gasteiger partial charge in [0, 0.05) is 45.7 Å². The molecule has 4 amide bonds. The third-order valence-corrected chi connectivity index (χ3v) is 16.7. The molecule has 0 aliphatic carbocycles. The minimum atomic E-state index is -3.13. The summed E-state index contributed by atoms with van der Waals surface area (Å²) in [7, 11) is -3.13. The summed E-state index contributed by atoms with van der Waals surface area (Å²) in [4.78, 5) is 76.3. The molecule has 5 heterocycles. The Kier molecular flexibility index (Phi) is 8.69. The fraction of sp³-hybridized carbons (Fsp3) is 0.280. The average Bonchev–Trinajstić information content (AvgIpc) is 4.05. The number of anilines is 5. The summed E-state index contributed by atoms with van der Waals surface area (Å²) in [5.41, 5.74) is 4.09. The summed E-state index contributed by atoms with van der Waals surface area (Å²) in [6.07, 6.45) is 0.694. The predicted molar refractivity (Wildman–Crippen MR) is 241 cm³/mol. The summed E-state index contributed by atoms with van der Waals surface area (Å²) in [6.45, 7) is 6.20. The van der Waals surface area contributed by atoms with Gasteiger partial charge in [-0.3, -0.25) is 29.0 Å². The van der Waals surface area contributed by atoms with E-state index in [4.69, 9.17) is 4.74 Å². The van der Waals surface area contributed by atoms with Crippen molar-refractivity contribution in [3.8, 4) is 0 Å². The Morgan fingerprint density at radius 3 is 1.95 bits per heavy atom. The Balaban J connectivity index is 0.988. The number of hydrogen-bond acceptors (Lipinski definition) is 7. The molecule has 6 aromatic carbocycles. The standard InChI is InChI=1S/C50H46N4O7Si/c1-29-46(62(2,3)60)42(26-43(56)51-24-8-13-35(51)28-55)61-50(29)38-25-34(54-41-17-7-12-32-10-5-15-37(45(32)41)48(54)58)22-23-39(38)52(49(50)59)27-30-18-20-33(21-19-30)53-40-16-6-11-31-9-4-14-36(44(31)40)47(53)57/h4-7,9-12,14-23,25,29,35,42,46,55,60H,8,13,24,26-28H2,1-3H3/t29-,35-,42+,46-,50+/m0/s1. The Hall–Kier alpha value is -6.18. The number of likely N-dealkylation sites (tertiary alicyclic amines) is 1. The molecule has 312 valence electrons. The molecule has 0 radical (unpaired) electrons. The van der Waals surface area contributed by atoms with E-state index in [9.17, 15) is 24.3 Å². The van der Waals surface area contributed by atoms with Crippen molar-refractivity contribution < 1.29 is 33.8 Å². The molecule has 0 bridgehead atoms. The van der Waals surface area contributed by atoms with Crippen LogP contribution in [-0.2, 0) is 26.5 Å². The molecule has 11 rings (SSSR count). The number of aliphatic hydroxyl groups is 1. The molecule has 0 saturated carbocycles. The highest BCUT2D eigenvalue weighted by atomic mass is 28.4. The van der Waals surface area contributed by atoms with Crippen LogP contribution in [0.5, 0.6) is 0 Å². The monoisotopic (exact) mass is 842 g/mol. The highest BCUT2D eigenvalue weighted by Gasteiger charge is 2.66. The molecule has 5 aliphatic rings. The van der Waals surface area contributed by atoms with Crippen molar-refractivity contribution >= 4 is 81.9 Å². The highest BCUT2D eigenvalue weighted by Crippen LogP contribution is 2.61. The maximum Gasteiger partial charge on any atom is 0.264 e. The summed E-state index contributed by atoms with van der Waals surface area (Å²) in [5, 5.41) is 13.8. The van der Waals surface area contributed by atoms with Crippen LogP contribution in [-0.4, -0.2) is 72.0 Å². The summed E-state index contributed by atoms with van der Waals surface area (Å²) < 4.78 is 7.11. The molecule has 12 heteroatoms. The van der Waals surface area contributed by atoms with E-state index in [1.54, 1.807) is 19.6 Å². The van der Waals surface area contributed by atoms with Gasteiger partial charge in [0.05, 0.1) is 59.9 Å². The van der Waals surface area contributed by atoms with Gasteiger partial charge in [0.2, 0.25) is 5.91 Å². The number of amides is 4. The number of ether oxygens (including phenoxy) is 1. The van der Waals surface area contributed by atoms with Gasteiger partial charge in [0.1, 0.15) is 0 Å². The van der Waals surface area contributed by atoms with Crippen LogP contribution in [0.4, 0.5) is 28.4 Å². The lowest BCUT2D eigenvalue weighted by molar-refractivity contribution is -0.150. The summed E-state index contributed by atoms with van der Waals surface area (Å²) in [6, 6.07) is 36.3. The Morgan fingerprint density at radius 1 is 0.774 bits per heavy atom. The first kappa shape index (κ1) is 38.7. The zero-order chi connectivity index (χ0) is 42.8. The van der Waals surface area contributed by atoms with Gasteiger partial charge < -0.3 is 24.4 Å². The molecule has 0 unspecified atom stereocenters. The fourth-order valence-electron chi connectivity index (χ4n) is 11.5. The summed E-state index contributed by atoms with van der Waals surface area (Å²) in [5.74, 6) is -1.28. The van der Waals surface area contributed by atoms with Gasteiger partial charge in [0.25, 0.3) is 17.7 Å². The van der Waals surface area contributed by atoms with Gasteiger partial charge in [-0.2, -0.15) is 0 Å². The minimum Gasteiger partial charge on any atom is -0.432 e. The third-order valence-electron chi connectivity index (χ3n) is 14.2. The predicted octanol–water partition coefficient (Wildman–Crippen LogP) is 8.29. The third kappa shape index (κ3) is 5.46. The highest BCUT2D eigenvalue weighted by molar-refractivity contribution is 6.71. The second-order valence-electron chi connectivity index (χ2n) is 18.0. The van der Waals surface area contributed by atoms with Crippen LogP contribution < -0.4 is 14.7 Å². The Labute approximate surface area is 359 Å². The van der Waals surface area contributed by atoms with Crippen molar-refractivity contribution in [3.63, 3.8) is 0 Å². The molecule has 2 saturated heterocycles. The molecule has 1 spiro atoms. The molecule has 2 N–H and O–H groups in total. The number of benzene rings is 6. The van der Waals surface area contributed by atoms with Crippen LogP contribution in [0.15, 0.2) is 115 Å². The van der Waals surface area contributed by atoms with Crippen LogP contribution in [0, 0.1) is 5.92 Å². The number of carbonyl (C=O) groups excluding carboxylic acids is 4. The van der Waals surface area contributed by atoms with E-state index in [0.29, 0.717) is 46.7 Å². The first-order valence-electron chi connectivity index (χ1n) is 21.5. The maximum absolute atomic E-state index is 15.5. The van der Waals surface area contributed by atoms with Crippen LogP contribution in [0.1, 0.15) is 58.0 Å². The fourth-order valence-corrected chi connectivity index (χ4v) is 14.0. The van der Waals surface area contributed by atoms with Crippen molar-refractivity contribution in [3.05, 3.63) is 138 Å². The number of carbonyl (C=O) groups is 4. The molecule has 0 aromatic heterocycles. The smallest absolute Gasteiger partial charge is 0.264 e. The van der Waals surface area contributed by atoms with Gasteiger partial charge in [-0.15, -0.1) is 0 Å². The zero-order valence-electron chi connectivity index (χ0n) is 34.7. The molecule has 62 heavy (non-hydrogen) atoms. The van der Waals surface area contributed by atoms with Gasteiger partial charge in [0.15, 0.2) is 13.9 Å². The van der Waals surface area contributed by atoms with Crippen molar-refractivity contribution in [2.24, 2.45) is 5.92 Å². The molecule has 5 aliphatic heterocycles. The number of hydrogen-bond donors (Lipinski definition) is 2. The topological polar surface area (TPSA) is 131 Å². The number of nitrogens with zero attached hydrogens (tertiary/aromatic N) is 4. The van der Waals surface area contributed by atoms with E-state index in [0.717, 1.165) is 44.9 Å². The second-order valence-corrected chi connectivity index (χ2v) is 22.0. The Bertz CT molecular complexity index is 2900. The first-order chi connectivity index (χ1) is 29.9. The molecule has 6 aromatic rings. The second kappa shape index (κ2) is 13.9. The van der Waals surface area contributed by atoms with Crippen molar-refractivity contribution in [1.29, 1.82) is 0 Å². The van der Waals surface area contributed by atoms with Gasteiger partial charge in [-0.05, 0) is 96.9 Å². The lowest BCUT2D eigenvalue weighted by Gasteiger charge is -2.33. The van der Waals surface area contributed by atoms with E-state index in [1.807, 2.05) is 135 Å². The number of aliphatic hydroxyl groups excluding tert-OH is 1. The maximum atomic E-state index is 15.5. The van der Waals surface area contributed by atoms with E-state index in [-0.39, 0.29) is 49.2 Å². The van der Waals surface area contributed by atoms with Crippen LogP contribution in [0.2, 0.25) is 18.6 Å². The van der Waals surface area contributed by atoms with Gasteiger partial charge >= 0.3 is 0 Å². The van der Waals surface area contributed by atoms with E-state index in [1.165, 1.54) is 0 Å². The van der Waals surface area contributed by atoms with Gasteiger partial charge in [-0.25, -0.2) is 0 Å². The van der Waals surface area contributed by atoms with Crippen molar-refractivity contribution in [2.75, 3.05) is 27.9 Å². The SMILES string of the molecule is C[C@H]1[C@H]([Si](C)(C)O)[C@@H](CC(=O)N2CCC[C@H]2CO)O[C@]12C(=O)N(Cc1ccc(N3C(=O)c4cccc5cccc3c45)cc1)c1ccc(N3C(=O)c4cccc5cccc3c45)cc12. The van der Waals surface area contributed by atoms with Crippen LogP contribution in [0.25, 0.3) is 21.5 Å². The molecular weight excluding hydrogens is 797 g/mol. The number of fused-ring (bicyclic) bond motifs is 2. The molecule has 5 atom stereocenters. The van der Waals surface area contributed by atoms with E-state index >= 15 is 4.79 Å². The Morgan fingerprint density at radius 2 is 1.35 bits per heavy atom. The van der Waals surface area contributed by atoms with Gasteiger partial charge in [-0.1, -0.05) is 67.6 Å². The molecule has 2 fully saturated rings. The van der Waals surface area contributed by atoms with E-state index in [2.05, 4.69) is 0 Å². The summed E-state index contributed by atoms with van der Waals surface area (Å²) >= 11 is 0. The molecule has 11 nitrogen and oxygen atoms in total. The van der Waals surface area contributed by atoms with Crippen LogP contribution in [0.3, 0.4) is 0 Å². The average molecular weight is 843 g/mol. The zero-order valence-corrected chi connectivity index (χ0v) is 35.7. The lowest BCUT2D eigenvalue weighted by Crippen LogP contribution is -2.46. The van der Waals surface area contributed by atoms with Crippen molar-refractivity contribution in [1.82, 2.24) is 4.90 Å². The normalized spacial score (nSPS) is 23.9. The number of rotatable bonds is 8. The largest absolute Gasteiger partial charge is 0.432 e. The quantitative estimate of drug-likeness (QED) is 0.148. The minimum absolute atomic E-state index is 0.0390. The first-order valence-corrected chi connectivity index (χ1v) is 24.5.